The summed E-state index contributed by atoms with van der Waals surface area (Å²) in [6, 6.07) is 7.47. The van der Waals surface area contributed by atoms with E-state index in [9.17, 15) is 35.9 Å². The van der Waals surface area contributed by atoms with Crippen LogP contribution in [-0.4, -0.2) is 102 Å². The van der Waals surface area contributed by atoms with Crippen molar-refractivity contribution < 1.29 is 35.9 Å². The molecular formula is C31H37F6N7O3. The van der Waals surface area contributed by atoms with Crippen molar-refractivity contribution in [3.05, 3.63) is 69.3 Å². The van der Waals surface area contributed by atoms with Gasteiger partial charge in [0.05, 0.1) is 19.3 Å². The smallest absolute Gasteiger partial charge is 0.421 e. The number of likely N-dealkylation sites (tertiary alicyclic amines) is 1. The van der Waals surface area contributed by atoms with Crippen LogP contribution >= 0.6 is 0 Å². The Morgan fingerprint density at radius 1 is 1.06 bits per heavy atom. The number of halogens is 6. The number of methoxy groups -OCH3 is 1. The van der Waals surface area contributed by atoms with E-state index < -0.39 is 29.0 Å². The highest BCUT2D eigenvalue weighted by molar-refractivity contribution is 5.85. The van der Waals surface area contributed by atoms with Gasteiger partial charge >= 0.3 is 12.4 Å². The number of ether oxygens (including phenoxy) is 1. The van der Waals surface area contributed by atoms with Crippen LogP contribution in [0.5, 0.6) is 5.75 Å². The van der Waals surface area contributed by atoms with Crippen LogP contribution < -0.4 is 10.3 Å². The Bertz CT molecular complexity index is 1530. The van der Waals surface area contributed by atoms with Crippen molar-refractivity contribution >= 4 is 18.6 Å². The van der Waals surface area contributed by atoms with Crippen LogP contribution in [0.4, 0.5) is 26.3 Å². The van der Waals surface area contributed by atoms with E-state index in [0.717, 1.165) is 17.7 Å². The number of benzene rings is 1. The Kier molecular flexibility index (Phi) is 11.5. The first-order valence-corrected chi connectivity index (χ1v) is 15.1. The lowest BCUT2D eigenvalue weighted by atomic mass is 9.93. The number of guanidine groups is 1. The largest absolute Gasteiger partial charge is 0.497 e. The number of carbonyl (C=O) groups is 1. The number of aliphatic imine (C=N–C) groups is 2. The molecule has 3 heterocycles. The molecule has 2 aromatic rings. The number of carbonyl (C=O) groups excluding carboxylic acids is 1. The number of rotatable bonds is 8. The van der Waals surface area contributed by atoms with E-state index in [1.165, 1.54) is 7.11 Å². The topological polar surface area (TPSA) is 95.6 Å². The maximum atomic E-state index is 13.9. The van der Waals surface area contributed by atoms with Crippen molar-refractivity contribution in [1.82, 2.24) is 24.5 Å². The molecule has 2 saturated heterocycles. The zero-order chi connectivity index (χ0) is 34.4. The summed E-state index contributed by atoms with van der Waals surface area (Å²) >= 11 is 0. The molecule has 0 bridgehead atoms. The highest BCUT2D eigenvalue weighted by Gasteiger charge is 2.37. The van der Waals surface area contributed by atoms with E-state index in [1.807, 2.05) is 4.90 Å². The molecule has 2 aliphatic heterocycles. The van der Waals surface area contributed by atoms with Crippen LogP contribution in [0.3, 0.4) is 0 Å². The number of nitrogens with zero attached hydrogens (tertiary/aromatic N) is 7. The minimum absolute atomic E-state index is 0.0395. The van der Waals surface area contributed by atoms with Gasteiger partial charge in [0, 0.05) is 63.4 Å². The summed E-state index contributed by atoms with van der Waals surface area (Å²) in [5.74, 6) is 0.125. The van der Waals surface area contributed by atoms with Gasteiger partial charge in [-0.1, -0.05) is 12.1 Å². The lowest BCUT2D eigenvalue weighted by molar-refractivity contribution is -0.139. The third kappa shape index (κ3) is 9.42. The number of hydrogen-bond donors (Lipinski definition) is 0. The molecule has 256 valence electrons. The maximum Gasteiger partial charge on any atom is 0.421 e. The van der Waals surface area contributed by atoms with Gasteiger partial charge in [-0.25, -0.2) is 14.7 Å². The highest BCUT2D eigenvalue weighted by atomic mass is 19.4. The Morgan fingerprint density at radius 2 is 1.72 bits per heavy atom. The van der Waals surface area contributed by atoms with Gasteiger partial charge in [-0.15, -0.1) is 0 Å². The van der Waals surface area contributed by atoms with Gasteiger partial charge in [0.25, 0.3) is 5.56 Å². The Balaban J connectivity index is 1.37. The molecule has 16 heteroatoms. The summed E-state index contributed by atoms with van der Waals surface area (Å²) in [5.41, 5.74) is -2.60. The SMILES string of the molecule is C=NC(=N/C=C(\C)C(F)(F)F)N1CCN(C(=O)CCN2CCCC(c3cc(C(F)(F)F)c(=O)n(Cc4ccc(OC)cc4)n3)C2)CC1. The number of piperidine rings is 1. The predicted molar refractivity (Wildman–Crippen MR) is 164 cm³/mol. The molecule has 2 aliphatic rings. The molecule has 0 radical (unpaired) electrons. The first kappa shape index (κ1) is 35.6. The molecule has 1 unspecified atom stereocenters. The van der Waals surface area contributed by atoms with Gasteiger partial charge in [0.1, 0.15) is 11.3 Å². The van der Waals surface area contributed by atoms with Crippen LogP contribution in [0.1, 0.15) is 48.9 Å². The Morgan fingerprint density at radius 3 is 2.32 bits per heavy atom. The fourth-order valence-electron chi connectivity index (χ4n) is 5.49. The first-order valence-electron chi connectivity index (χ1n) is 15.1. The summed E-state index contributed by atoms with van der Waals surface area (Å²) in [5, 5.41) is 4.36. The fraction of sp³-hybridized carbons (Fsp3) is 0.516. The monoisotopic (exact) mass is 669 g/mol. The zero-order valence-corrected chi connectivity index (χ0v) is 26.1. The van der Waals surface area contributed by atoms with Crippen LogP contribution in [-0.2, 0) is 17.5 Å². The van der Waals surface area contributed by atoms with Crippen molar-refractivity contribution in [3.63, 3.8) is 0 Å². The third-order valence-electron chi connectivity index (χ3n) is 8.23. The van der Waals surface area contributed by atoms with Gasteiger partial charge < -0.3 is 19.4 Å². The number of hydrogen-bond acceptors (Lipinski definition) is 6. The molecule has 1 amide bonds. The second-order valence-electron chi connectivity index (χ2n) is 11.4. The average Bonchev–Trinajstić information content (AvgIpc) is 3.04. The van der Waals surface area contributed by atoms with Gasteiger partial charge in [-0.2, -0.15) is 31.4 Å². The highest BCUT2D eigenvalue weighted by Crippen LogP contribution is 2.31. The molecular weight excluding hydrogens is 632 g/mol. The summed E-state index contributed by atoms with van der Waals surface area (Å²) in [6.07, 6.45) is -7.22. The van der Waals surface area contributed by atoms with Crippen LogP contribution in [0.25, 0.3) is 0 Å². The van der Waals surface area contributed by atoms with Gasteiger partial charge in [-0.05, 0) is 56.8 Å². The maximum absolute atomic E-state index is 13.9. The minimum Gasteiger partial charge on any atom is -0.497 e. The second-order valence-corrected chi connectivity index (χ2v) is 11.4. The van der Waals surface area contributed by atoms with Gasteiger partial charge in [0.15, 0.2) is 0 Å². The van der Waals surface area contributed by atoms with E-state index in [0.29, 0.717) is 76.2 Å². The van der Waals surface area contributed by atoms with E-state index in [4.69, 9.17) is 4.74 Å². The lowest BCUT2D eigenvalue weighted by Crippen LogP contribution is -2.50. The molecule has 2 fully saturated rings. The van der Waals surface area contributed by atoms with Gasteiger partial charge in [0.2, 0.25) is 11.9 Å². The molecule has 47 heavy (non-hydrogen) atoms. The predicted octanol–water partition coefficient (Wildman–Crippen LogP) is 4.56. The number of piperazine rings is 1. The summed E-state index contributed by atoms with van der Waals surface area (Å²) in [7, 11) is 1.49. The fourth-order valence-corrected chi connectivity index (χ4v) is 5.49. The van der Waals surface area contributed by atoms with Crippen LogP contribution in [0.15, 0.2) is 56.9 Å². The van der Waals surface area contributed by atoms with Crippen molar-refractivity contribution in [2.24, 2.45) is 9.98 Å². The number of aromatic nitrogens is 2. The molecule has 0 aliphatic carbocycles. The first-order chi connectivity index (χ1) is 22.2. The molecule has 1 aromatic carbocycles. The van der Waals surface area contributed by atoms with E-state index in [2.05, 4.69) is 21.8 Å². The molecule has 0 saturated carbocycles. The Hall–Kier alpha value is -4.21. The minimum atomic E-state index is -4.85. The third-order valence-corrected chi connectivity index (χ3v) is 8.23. The van der Waals surface area contributed by atoms with E-state index >= 15 is 0 Å². The van der Waals surface area contributed by atoms with Gasteiger partial charge in [-0.3, -0.25) is 9.59 Å². The van der Waals surface area contributed by atoms with Crippen molar-refractivity contribution in [2.75, 3.05) is 52.9 Å². The summed E-state index contributed by atoms with van der Waals surface area (Å²) in [6.45, 7) is 6.84. The van der Waals surface area contributed by atoms with E-state index in [-0.39, 0.29) is 36.4 Å². The van der Waals surface area contributed by atoms with E-state index in [1.54, 1.807) is 34.1 Å². The summed E-state index contributed by atoms with van der Waals surface area (Å²) in [4.78, 5) is 38.7. The second kappa shape index (κ2) is 15.1. The lowest BCUT2D eigenvalue weighted by Gasteiger charge is -2.36. The van der Waals surface area contributed by atoms with Crippen molar-refractivity contribution in [3.8, 4) is 5.75 Å². The standard InChI is InChI=1S/C31H37F6N7O3/c1-21(30(32,33)34)18-39-29(38-2)43-15-13-42(14-16-43)27(45)10-12-41-11-4-5-23(20-41)26-17-25(31(35,36)37)28(46)44(40-26)19-22-6-8-24(47-3)9-7-22/h6-9,17-18,23H,2,4-5,10-16,19-20H2,1,3H3/b21-18+,39-29?. The Labute approximate surface area is 268 Å². The molecule has 1 aromatic heterocycles. The summed E-state index contributed by atoms with van der Waals surface area (Å²) < 4.78 is 86.0. The number of amides is 1. The molecule has 0 N–H and O–H groups in total. The number of allylic oxidation sites excluding steroid dienone is 1. The normalized spacial score (nSPS) is 18.8. The average molecular weight is 670 g/mol. The zero-order valence-electron chi connectivity index (χ0n) is 26.1. The van der Waals surface area contributed by atoms with Crippen LogP contribution in [0, 0.1) is 0 Å². The molecule has 1 atom stereocenters. The van der Waals surface area contributed by atoms with Crippen molar-refractivity contribution in [2.45, 2.75) is 51.0 Å². The van der Waals surface area contributed by atoms with Crippen LogP contribution in [0.2, 0.25) is 0 Å². The molecule has 10 nitrogen and oxygen atoms in total. The molecule has 4 rings (SSSR count). The molecule has 0 spiro atoms. The van der Waals surface area contributed by atoms with Crippen molar-refractivity contribution in [1.29, 1.82) is 0 Å². The number of alkyl halides is 6. The quantitative estimate of drug-likeness (QED) is 0.233.